The number of hydrogen-bond donors (Lipinski definition) is 2. The van der Waals surface area contributed by atoms with Crippen LogP contribution in [0, 0.1) is 12.8 Å². The van der Waals surface area contributed by atoms with E-state index in [9.17, 15) is 9.90 Å². The van der Waals surface area contributed by atoms with E-state index in [1.54, 1.807) is 0 Å². The molecule has 0 saturated carbocycles. The number of aliphatic hydroxyl groups excluding tert-OH is 1. The number of aliphatic hydroxyl groups is 1. The summed E-state index contributed by atoms with van der Waals surface area (Å²) in [5, 5.41) is 11.3. The molecule has 1 aliphatic heterocycles. The van der Waals surface area contributed by atoms with Crippen molar-refractivity contribution in [2.45, 2.75) is 57.6 Å². The highest BCUT2D eigenvalue weighted by Crippen LogP contribution is 2.39. The van der Waals surface area contributed by atoms with E-state index >= 15 is 0 Å². The van der Waals surface area contributed by atoms with Gasteiger partial charge in [-0.25, -0.2) is 4.98 Å². The number of benzene rings is 2. The first-order valence-corrected chi connectivity index (χ1v) is 12.1. The first-order chi connectivity index (χ1) is 15.8. The average molecular weight is 447 g/mol. The number of aryl methyl sites for hydroxylation is 1. The molecule has 1 amide bonds. The predicted molar refractivity (Wildman–Crippen MR) is 130 cm³/mol. The molecular weight excluding hydrogens is 412 g/mol. The van der Waals surface area contributed by atoms with E-state index in [4.69, 9.17) is 10.7 Å². The summed E-state index contributed by atoms with van der Waals surface area (Å²) >= 11 is 0. The number of β-amino-alcohol motifs (C(OH)–C–C–N with tert-alkyl or cyclic N) is 1. The molecule has 0 bridgehead atoms. The number of fused-ring (bicyclic) bond motifs is 2. The second-order valence-corrected chi connectivity index (χ2v) is 10.2. The number of rotatable bonds is 5. The first kappa shape index (κ1) is 22.1. The zero-order chi connectivity index (χ0) is 23.3. The summed E-state index contributed by atoms with van der Waals surface area (Å²) < 4.78 is 2.28. The topological polar surface area (TPSA) is 84.4 Å². The van der Waals surface area contributed by atoms with Gasteiger partial charge in [0.15, 0.2) is 0 Å². The highest BCUT2D eigenvalue weighted by atomic mass is 16.3. The molecule has 0 spiro atoms. The number of aromatic nitrogens is 2. The lowest BCUT2D eigenvalue weighted by Crippen LogP contribution is -2.47. The molecule has 4 atom stereocenters. The van der Waals surface area contributed by atoms with Gasteiger partial charge >= 0.3 is 0 Å². The molecule has 2 heterocycles. The summed E-state index contributed by atoms with van der Waals surface area (Å²) in [5.74, 6) is 0.975. The van der Waals surface area contributed by atoms with Crippen molar-refractivity contribution in [3.63, 3.8) is 0 Å². The quantitative estimate of drug-likeness (QED) is 0.628. The molecule has 3 aromatic rings. The summed E-state index contributed by atoms with van der Waals surface area (Å²) in [6.07, 6.45) is 1.22. The third-order valence-corrected chi connectivity index (χ3v) is 7.49. The van der Waals surface area contributed by atoms with Gasteiger partial charge in [-0.1, -0.05) is 44.2 Å². The Morgan fingerprint density at radius 2 is 2.03 bits per heavy atom. The molecule has 1 unspecified atom stereocenters. The Bertz CT molecular complexity index is 1180. The predicted octanol–water partition coefficient (Wildman–Crippen LogP) is 3.52. The number of nitrogens with two attached hydrogens (primary N) is 1. The summed E-state index contributed by atoms with van der Waals surface area (Å²) in [4.78, 5) is 19.5. The van der Waals surface area contributed by atoms with Crippen LogP contribution in [0.25, 0.3) is 11.0 Å². The van der Waals surface area contributed by atoms with Crippen molar-refractivity contribution in [3.8, 4) is 0 Å². The Labute approximate surface area is 195 Å². The Kier molecular flexibility index (Phi) is 5.75. The van der Waals surface area contributed by atoms with Gasteiger partial charge in [-0.05, 0) is 54.5 Å². The van der Waals surface area contributed by atoms with Crippen LogP contribution in [0.1, 0.15) is 60.7 Å². The van der Waals surface area contributed by atoms with Gasteiger partial charge in [-0.3, -0.25) is 4.79 Å². The Balaban J connectivity index is 1.35. The Morgan fingerprint density at radius 1 is 1.24 bits per heavy atom. The van der Waals surface area contributed by atoms with Crippen LogP contribution in [0.4, 0.5) is 0 Å². The third-order valence-electron chi connectivity index (χ3n) is 7.49. The largest absolute Gasteiger partial charge is 0.390 e. The van der Waals surface area contributed by atoms with Crippen LogP contribution in [-0.2, 0) is 11.2 Å². The van der Waals surface area contributed by atoms with Crippen molar-refractivity contribution in [2.75, 3.05) is 19.6 Å². The number of likely N-dealkylation sites (tertiary alicyclic amines) is 1. The van der Waals surface area contributed by atoms with E-state index in [0.29, 0.717) is 6.54 Å². The zero-order valence-corrected chi connectivity index (χ0v) is 19.7. The van der Waals surface area contributed by atoms with Crippen LogP contribution < -0.4 is 5.73 Å². The number of hydrogen-bond acceptors (Lipinski definition) is 4. The van der Waals surface area contributed by atoms with E-state index < -0.39 is 6.10 Å². The van der Waals surface area contributed by atoms with Crippen molar-refractivity contribution >= 4 is 16.9 Å². The second kappa shape index (κ2) is 8.58. The number of carbonyl (C=O) groups is 1. The zero-order valence-electron chi connectivity index (χ0n) is 19.7. The molecule has 1 saturated heterocycles. The van der Waals surface area contributed by atoms with Crippen LogP contribution in [0.5, 0.6) is 0 Å². The van der Waals surface area contributed by atoms with Crippen LogP contribution in [0.15, 0.2) is 42.5 Å². The van der Waals surface area contributed by atoms with Crippen molar-refractivity contribution in [3.05, 3.63) is 65.0 Å². The number of nitrogens with zero attached hydrogens (tertiary/aromatic N) is 3. The van der Waals surface area contributed by atoms with E-state index in [1.165, 1.54) is 11.1 Å². The fraction of sp³-hybridized carbons (Fsp3) is 0.481. The fourth-order valence-electron chi connectivity index (χ4n) is 6.00. The van der Waals surface area contributed by atoms with Crippen molar-refractivity contribution in [1.29, 1.82) is 0 Å². The van der Waals surface area contributed by atoms with Gasteiger partial charge in [-0.15, -0.1) is 0 Å². The van der Waals surface area contributed by atoms with E-state index in [0.717, 1.165) is 48.4 Å². The third kappa shape index (κ3) is 3.96. The van der Waals surface area contributed by atoms with Gasteiger partial charge in [0.1, 0.15) is 5.82 Å². The molecule has 33 heavy (non-hydrogen) atoms. The van der Waals surface area contributed by atoms with Gasteiger partial charge in [-0.2, -0.15) is 0 Å². The number of piperidine rings is 1. The van der Waals surface area contributed by atoms with Gasteiger partial charge in [0.25, 0.3) is 0 Å². The normalized spacial score (nSPS) is 25.6. The van der Waals surface area contributed by atoms with Crippen LogP contribution in [0.2, 0.25) is 0 Å². The van der Waals surface area contributed by atoms with Crippen LogP contribution in [0.3, 0.4) is 0 Å². The summed E-state index contributed by atoms with van der Waals surface area (Å²) in [5.41, 5.74) is 11.4. The van der Waals surface area contributed by atoms with E-state index in [-0.39, 0.29) is 29.7 Å². The van der Waals surface area contributed by atoms with Gasteiger partial charge in [0, 0.05) is 25.6 Å². The van der Waals surface area contributed by atoms with Gasteiger partial charge < -0.3 is 20.3 Å². The van der Waals surface area contributed by atoms with E-state index in [1.807, 2.05) is 18.2 Å². The van der Waals surface area contributed by atoms with E-state index in [2.05, 4.69) is 54.5 Å². The minimum atomic E-state index is -0.495. The molecular formula is C27H34N4O2. The molecule has 174 valence electrons. The molecule has 6 heteroatoms. The molecule has 3 N–H and O–H groups in total. The molecule has 2 aromatic carbocycles. The van der Waals surface area contributed by atoms with Crippen LogP contribution in [-0.4, -0.2) is 51.2 Å². The minimum absolute atomic E-state index is 0.000862. The smallest absolute Gasteiger partial charge is 0.225 e. The van der Waals surface area contributed by atoms with Crippen molar-refractivity contribution < 1.29 is 9.90 Å². The molecule has 1 aromatic heterocycles. The highest BCUT2D eigenvalue weighted by molar-refractivity contribution is 5.84. The minimum Gasteiger partial charge on any atom is -0.390 e. The number of primary amides is 1. The Hall–Kier alpha value is -2.70. The van der Waals surface area contributed by atoms with Crippen LogP contribution >= 0.6 is 0 Å². The highest BCUT2D eigenvalue weighted by Gasteiger charge is 2.39. The van der Waals surface area contributed by atoms with Crippen molar-refractivity contribution in [1.82, 2.24) is 14.5 Å². The lowest BCUT2D eigenvalue weighted by atomic mass is 9.90. The average Bonchev–Trinajstić information content (AvgIpc) is 3.31. The molecule has 1 fully saturated rings. The lowest BCUT2D eigenvalue weighted by Gasteiger charge is -2.39. The molecule has 5 rings (SSSR count). The summed E-state index contributed by atoms with van der Waals surface area (Å²) in [6.45, 7) is 8.64. The fourth-order valence-corrected chi connectivity index (χ4v) is 6.00. The SMILES string of the molecule is Cc1ccc2c(c1)nc(C(C)C)n2[C@@H]1CCN(CC2Cc3ccccc3[C@@H]2C(N)=O)C[C@H]1O. The maximum atomic E-state index is 12.3. The first-order valence-electron chi connectivity index (χ1n) is 12.1. The second-order valence-electron chi connectivity index (χ2n) is 10.2. The number of amides is 1. The van der Waals surface area contributed by atoms with Crippen molar-refractivity contribution in [2.24, 2.45) is 11.7 Å². The standard InChI is InChI=1S/C27H34N4O2/c1-16(2)27-29-21-12-17(3)8-9-22(21)31(27)23-10-11-30(15-24(23)32)14-19-13-18-6-4-5-7-20(18)25(19)26(28)33/h4-9,12,16,19,23-25,32H,10-11,13-15H2,1-3H3,(H2,28,33)/t19?,23-,24-,25-/m1/s1. The summed E-state index contributed by atoms with van der Waals surface area (Å²) in [7, 11) is 0. The Morgan fingerprint density at radius 3 is 2.76 bits per heavy atom. The summed E-state index contributed by atoms with van der Waals surface area (Å²) in [6, 6.07) is 14.5. The molecule has 6 nitrogen and oxygen atoms in total. The number of carbonyl (C=O) groups excluding carboxylic acids is 1. The number of imidazole rings is 1. The maximum Gasteiger partial charge on any atom is 0.225 e. The van der Waals surface area contributed by atoms with Gasteiger partial charge in [0.2, 0.25) is 5.91 Å². The molecule has 2 aliphatic rings. The maximum absolute atomic E-state index is 12.3. The lowest BCUT2D eigenvalue weighted by molar-refractivity contribution is -0.120. The van der Waals surface area contributed by atoms with Gasteiger partial charge in [0.05, 0.1) is 29.1 Å². The molecule has 1 aliphatic carbocycles. The molecule has 0 radical (unpaired) electrons. The monoisotopic (exact) mass is 446 g/mol.